The summed E-state index contributed by atoms with van der Waals surface area (Å²) < 4.78 is 0. The zero-order chi connectivity index (χ0) is 18.6. The van der Waals surface area contributed by atoms with E-state index in [4.69, 9.17) is 0 Å². The van der Waals surface area contributed by atoms with Crippen molar-refractivity contribution in [3.05, 3.63) is 78.1 Å². The van der Waals surface area contributed by atoms with E-state index in [-0.39, 0.29) is 5.91 Å². The Bertz CT molecular complexity index is 930. The second-order valence-corrected chi connectivity index (χ2v) is 6.40. The fourth-order valence-electron chi connectivity index (χ4n) is 3.28. The Balaban J connectivity index is 1.63. The molecule has 0 aliphatic carbocycles. The summed E-state index contributed by atoms with van der Waals surface area (Å²) in [4.78, 5) is 25.8. The molecule has 2 heterocycles. The van der Waals surface area contributed by atoms with E-state index in [1.807, 2.05) is 36.4 Å². The van der Waals surface area contributed by atoms with Gasteiger partial charge in [-0.25, -0.2) is 9.97 Å². The lowest BCUT2D eigenvalue weighted by Gasteiger charge is -2.20. The van der Waals surface area contributed by atoms with E-state index in [0.29, 0.717) is 18.1 Å². The van der Waals surface area contributed by atoms with Gasteiger partial charge in [-0.1, -0.05) is 48.5 Å². The van der Waals surface area contributed by atoms with Gasteiger partial charge < -0.3 is 15.1 Å². The van der Waals surface area contributed by atoms with Crippen LogP contribution in [0.2, 0.25) is 0 Å². The molecule has 0 atom stereocenters. The molecule has 136 valence electrons. The Kier molecular flexibility index (Phi) is 4.70. The number of nitrogens with zero attached hydrogens (tertiary/aromatic N) is 4. The van der Waals surface area contributed by atoms with Gasteiger partial charge >= 0.3 is 0 Å². The first-order valence-corrected chi connectivity index (χ1v) is 9.01. The van der Waals surface area contributed by atoms with Crippen molar-refractivity contribution in [3.8, 4) is 0 Å². The highest BCUT2D eigenvalue weighted by atomic mass is 16.1. The minimum absolute atomic E-state index is 0.172. The van der Waals surface area contributed by atoms with Crippen LogP contribution in [0.1, 0.15) is 22.8 Å². The molecule has 0 saturated heterocycles. The number of hydrogen-bond donors (Lipinski definition) is 1. The molecule has 0 saturated carbocycles. The van der Waals surface area contributed by atoms with Crippen LogP contribution in [0.25, 0.3) is 0 Å². The molecule has 4 rings (SSSR count). The largest absolute Gasteiger partial charge is 0.348 e. The Morgan fingerprint density at radius 2 is 1.70 bits per heavy atom. The molecule has 3 aromatic rings. The molecule has 1 N–H and O–H groups in total. The number of anilines is 3. The lowest BCUT2D eigenvalue weighted by Crippen LogP contribution is -2.30. The van der Waals surface area contributed by atoms with Crippen molar-refractivity contribution in [1.29, 1.82) is 0 Å². The summed E-state index contributed by atoms with van der Waals surface area (Å²) in [6.45, 7) is 4.37. The maximum absolute atomic E-state index is 12.6. The standard InChI is InChI=1S/C21H21N5O/c1-2-25-15-26(13-16-9-5-3-6-10-16)20-18(25)19(22-14-23-20)24-21(27)17-11-7-4-8-12-17/h3-12,14H,2,13,15H2,1H3,(H,22,23,24,27). The summed E-state index contributed by atoms with van der Waals surface area (Å²) in [7, 11) is 0. The van der Waals surface area contributed by atoms with Gasteiger partial charge in [0, 0.05) is 18.7 Å². The third-order valence-corrected chi connectivity index (χ3v) is 4.63. The number of aromatic nitrogens is 2. The summed E-state index contributed by atoms with van der Waals surface area (Å²) in [6.07, 6.45) is 1.51. The zero-order valence-corrected chi connectivity index (χ0v) is 15.2. The lowest BCUT2D eigenvalue weighted by atomic mass is 10.2. The number of amides is 1. The molecule has 6 nitrogen and oxygen atoms in total. The number of nitrogens with one attached hydrogen (secondary N) is 1. The topological polar surface area (TPSA) is 61.4 Å². The molecule has 1 amide bonds. The molecule has 1 aromatic heterocycles. The first-order chi connectivity index (χ1) is 13.3. The number of carbonyl (C=O) groups is 1. The number of benzene rings is 2. The molecular weight excluding hydrogens is 338 g/mol. The first-order valence-electron chi connectivity index (χ1n) is 9.01. The molecule has 0 spiro atoms. The number of carbonyl (C=O) groups excluding carboxylic acids is 1. The van der Waals surface area contributed by atoms with Crippen molar-refractivity contribution in [2.75, 3.05) is 28.3 Å². The summed E-state index contributed by atoms with van der Waals surface area (Å²) in [6, 6.07) is 19.5. The van der Waals surface area contributed by atoms with Gasteiger partial charge in [-0.05, 0) is 24.6 Å². The smallest absolute Gasteiger partial charge is 0.256 e. The minimum Gasteiger partial charge on any atom is -0.348 e. The van der Waals surface area contributed by atoms with Crippen LogP contribution in [0.4, 0.5) is 17.3 Å². The van der Waals surface area contributed by atoms with Crippen molar-refractivity contribution >= 4 is 23.2 Å². The third-order valence-electron chi connectivity index (χ3n) is 4.63. The predicted molar refractivity (Wildman–Crippen MR) is 107 cm³/mol. The van der Waals surface area contributed by atoms with E-state index < -0.39 is 0 Å². The van der Waals surface area contributed by atoms with Gasteiger partial charge in [0.25, 0.3) is 5.91 Å². The Labute approximate surface area is 158 Å². The van der Waals surface area contributed by atoms with Gasteiger partial charge in [0.2, 0.25) is 0 Å². The van der Waals surface area contributed by atoms with Crippen molar-refractivity contribution in [3.63, 3.8) is 0 Å². The monoisotopic (exact) mass is 359 g/mol. The van der Waals surface area contributed by atoms with Crippen molar-refractivity contribution < 1.29 is 4.79 Å². The normalized spacial score (nSPS) is 12.8. The number of fused-ring (bicyclic) bond motifs is 1. The summed E-state index contributed by atoms with van der Waals surface area (Å²) in [5, 5.41) is 2.95. The average Bonchev–Trinajstić information content (AvgIpc) is 3.08. The van der Waals surface area contributed by atoms with Crippen LogP contribution in [0, 0.1) is 0 Å². The maximum atomic E-state index is 12.6. The van der Waals surface area contributed by atoms with Gasteiger partial charge in [0.05, 0.1) is 6.67 Å². The van der Waals surface area contributed by atoms with Crippen LogP contribution < -0.4 is 15.1 Å². The maximum Gasteiger partial charge on any atom is 0.256 e. The lowest BCUT2D eigenvalue weighted by molar-refractivity contribution is 0.102. The molecule has 2 aromatic carbocycles. The van der Waals surface area contributed by atoms with Crippen LogP contribution in [0.5, 0.6) is 0 Å². The van der Waals surface area contributed by atoms with Gasteiger partial charge in [-0.15, -0.1) is 0 Å². The van der Waals surface area contributed by atoms with E-state index in [1.165, 1.54) is 11.9 Å². The van der Waals surface area contributed by atoms with E-state index in [0.717, 1.165) is 24.6 Å². The van der Waals surface area contributed by atoms with E-state index >= 15 is 0 Å². The molecule has 6 heteroatoms. The highest BCUT2D eigenvalue weighted by Gasteiger charge is 2.30. The van der Waals surface area contributed by atoms with Gasteiger partial charge in [-0.2, -0.15) is 0 Å². The number of hydrogen-bond acceptors (Lipinski definition) is 5. The number of rotatable bonds is 5. The van der Waals surface area contributed by atoms with Crippen molar-refractivity contribution in [2.45, 2.75) is 13.5 Å². The Morgan fingerprint density at radius 3 is 2.41 bits per heavy atom. The highest BCUT2D eigenvalue weighted by molar-refractivity contribution is 6.06. The fraction of sp³-hybridized carbons (Fsp3) is 0.190. The molecule has 0 fully saturated rings. The summed E-state index contributed by atoms with van der Waals surface area (Å²) in [5.74, 6) is 1.22. The van der Waals surface area contributed by atoms with E-state index in [1.54, 1.807) is 12.1 Å². The molecule has 27 heavy (non-hydrogen) atoms. The Hall–Kier alpha value is -3.41. The summed E-state index contributed by atoms with van der Waals surface area (Å²) >= 11 is 0. The van der Waals surface area contributed by atoms with Gasteiger partial charge in [0.15, 0.2) is 11.6 Å². The van der Waals surface area contributed by atoms with Crippen LogP contribution in [0.3, 0.4) is 0 Å². The fourth-order valence-corrected chi connectivity index (χ4v) is 3.28. The van der Waals surface area contributed by atoms with E-state index in [9.17, 15) is 4.79 Å². The SMILES string of the molecule is CCN1CN(Cc2ccccc2)c2ncnc(NC(=O)c3ccccc3)c21. The zero-order valence-electron chi connectivity index (χ0n) is 15.2. The Morgan fingerprint density at radius 1 is 1.00 bits per heavy atom. The van der Waals surface area contributed by atoms with Gasteiger partial charge in [-0.3, -0.25) is 4.79 Å². The second kappa shape index (κ2) is 7.45. The molecule has 0 bridgehead atoms. The first kappa shape index (κ1) is 17.0. The van der Waals surface area contributed by atoms with Crippen LogP contribution in [0.15, 0.2) is 67.0 Å². The molecule has 1 aliphatic heterocycles. The van der Waals surface area contributed by atoms with Crippen molar-refractivity contribution in [2.24, 2.45) is 0 Å². The van der Waals surface area contributed by atoms with Crippen LogP contribution in [-0.2, 0) is 6.54 Å². The van der Waals surface area contributed by atoms with Crippen LogP contribution >= 0.6 is 0 Å². The predicted octanol–water partition coefficient (Wildman–Crippen LogP) is 3.53. The third kappa shape index (κ3) is 3.46. The molecule has 1 aliphatic rings. The molecule has 0 unspecified atom stereocenters. The highest BCUT2D eigenvalue weighted by Crippen LogP contribution is 2.39. The average molecular weight is 359 g/mol. The van der Waals surface area contributed by atoms with Gasteiger partial charge in [0.1, 0.15) is 12.0 Å². The summed E-state index contributed by atoms with van der Waals surface area (Å²) in [5.41, 5.74) is 2.70. The molecular formula is C21H21N5O. The molecule has 0 radical (unpaired) electrons. The van der Waals surface area contributed by atoms with E-state index in [2.05, 4.69) is 44.1 Å². The van der Waals surface area contributed by atoms with Crippen molar-refractivity contribution in [1.82, 2.24) is 9.97 Å². The quantitative estimate of drug-likeness (QED) is 0.755. The second-order valence-electron chi connectivity index (χ2n) is 6.40. The minimum atomic E-state index is -0.172. The van der Waals surface area contributed by atoms with Crippen LogP contribution in [-0.4, -0.2) is 29.1 Å².